The summed E-state index contributed by atoms with van der Waals surface area (Å²) in [5.41, 5.74) is 1.19. The molecule has 1 aliphatic rings. The fraction of sp³-hybridized carbons (Fsp3) is 0.136. The number of benzene rings is 2. The highest BCUT2D eigenvalue weighted by Gasteiger charge is 2.28. The number of hydrogen-bond donors (Lipinski definition) is 0. The summed E-state index contributed by atoms with van der Waals surface area (Å²) in [5, 5.41) is 4.28. The Balaban J connectivity index is 1.40. The summed E-state index contributed by atoms with van der Waals surface area (Å²) in [4.78, 5) is 24.6. The van der Waals surface area contributed by atoms with E-state index in [1.54, 1.807) is 48.5 Å². The number of allylic oxidation sites excluding steroid dienone is 1. The normalized spacial score (nSPS) is 13.8. The second-order valence-electron chi connectivity index (χ2n) is 6.46. The Morgan fingerprint density at radius 2 is 1.97 bits per heavy atom. The Kier molecular flexibility index (Phi) is 5.54. The van der Waals surface area contributed by atoms with Gasteiger partial charge in [-0.1, -0.05) is 23.7 Å². The minimum atomic E-state index is -0.452. The maximum absolute atomic E-state index is 12.5. The summed E-state index contributed by atoms with van der Waals surface area (Å²) in [6, 6.07) is 13.3. The van der Waals surface area contributed by atoms with Crippen LogP contribution >= 0.6 is 11.6 Å². The first kappa shape index (κ1) is 19.7. The molecular weight excluding hydrogens is 410 g/mol. The van der Waals surface area contributed by atoms with E-state index in [9.17, 15) is 9.59 Å². The van der Waals surface area contributed by atoms with Crippen molar-refractivity contribution in [3.8, 4) is 17.4 Å². The van der Waals surface area contributed by atoms with E-state index in [2.05, 4.69) is 5.16 Å². The number of carbonyl (C=O) groups excluding carboxylic acids is 2. The van der Waals surface area contributed by atoms with Gasteiger partial charge < -0.3 is 18.7 Å². The molecule has 8 heteroatoms. The monoisotopic (exact) mass is 425 g/mol. The number of aromatic nitrogens is 1. The van der Waals surface area contributed by atoms with Crippen molar-refractivity contribution < 1.29 is 28.3 Å². The Morgan fingerprint density at radius 3 is 2.70 bits per heavy atom. The van der Waals surface area contributed by atoms with Crippen molar-refractivity contribution in [2.75, 3.05) is 7.11 Å². The van der Waals surface area contributed by atoms with Gasteiger partial charge in [-0.05, 0) is 41.1 Å². The van der Waals surface area contributed by atoms with Crippen molar-refractivity contribution in [2.45, 2.75) is 12.8 Å². The van der Waals surface area contributed by atoms with Crippen molar-refractivity contribution in [3.05, 3.63) is 76.2 Å². The van der Waals surface area contributed by atoms with E-state index in [0.29, 0.717) is 34.4 Å². The zero-order valence-corrected chi connectivity index (χ0v) is 16.6. The van der Waals surface area contributed by atoms with Crippen LogP contribution in [0.15, 0.2) is 58.8 Å². The van der Waals surface area contributed by atoms with Gasteiger partial charge in [0.05, 0.1) is 19.1 Å². The first-order valence-electron chi connectivity index (χ1n) is 9.06. The molecule has 2 aromatic carbocycles. The third-order valence-corrected chi connectivity index (χ3v) is 4.61. The first-order chi connectivity index (χ1) is 14.5. The second-order valence-corrected chi connectivity index (χ2v) is 6.90. The Bertz CT molecular complexity index is 1130. The van der Waals surface area contributed by atoms with E-state index >= 15 is 0 Å². The van der Waals surface area contributed by atoms with Crippen LogP contribution < -0.4 is 14.2 Å². The van der Waals surface area contributed by atoms with Crippen LogP contribution in [-0.2, 0) is 11.2 Å². The Hall–Kier alpha value is -3.58. The molecule has 2 heterocycles. The van der Waals surface area contributed by atoms with Crippen LogP contribution in [0, 0.1) is 0 Å². The van der Waals surface area contributed by atoms with E-state index in [-0.39, 0.29) is 23.7 Å². The smallest absolute Gasteiger partial charge is 0.311 e. The van der Waals surface area contributed by atoms with E-state index in [1.165, 1.54) is 13.2 Å². The lowest BCUT2D eigenvalue weighted by Gasteiger charge is -2.05. The van der Waals surface area contributed by atoms with Gasteiger partial charge in [0.2, 0.25) is 5.78 Å². The van der Waals surface area contributed by atoms with Crippen LogP contribution in [-0.4, -0.2) is 24.0 Å². The molecule has 1 aliphatic heterocycles. The molecule has 3 aromatic rings. The van der Waals surface area contributed by atoms with Crippen LogP contribution in [0.5, 0.6) is 17.4 Å². The molecule has 0 amide bonds. The zero-order chi connectivity index (χ0) is 21.1. The largest absolute Gasteiger partial charge is 0.479 e. The van der Waals surface area contributed by atoms with Crippen LogP contribution in [0.3, 0.4) is 0 Å². The average Bonchev–Trinajstić information content (AvgIpc) is 3.32. The number of rotatable bonds is 6. The molecule has 0 fully saturated rings. The van der Waals surface area contributed by atoms with Crippen LogP contribution in [0.1, 0.15) is 28.1 Å². The summed E-state index contributed by atoms with van der Waals surface area (Å²) >= 11 is 5.88. The van der Waals surface area contributed by atoms with E-state index in [1.807, 2.05) is 0 Å². The summed E-state index contributed by atoms with van der Waals surface area (Å²) in [6.45, 7) is 0. The third-order valence-electron chi connectivity index (χ3n) is 4.36. The molecular formula is C22H16ClNO6. The van der Waals surface area contributed by atoms with Gasteiger partial charge in [0.1, 0.15) is 17.3 Å². The van der Waals surface area contributed by atoms with Crippen molar-refractivity contribution in [1.82, 2.24) is 5.16 Å². The summed E-state index contributed by atoms with van der Waals surface area (Å²) in [6.07, 6.45) is 2.05. The molecule has 0 saturated carbocycles. The van der Waals surface area contributed by atoms with E-state index in [0.717, 1.165) is 5.56 Å². The predicted octanol–water partition coefficient (Wildman–Crippen LogP) is 4.49. The molecule has 0 bridgehead atoms. The summed E-state index contributed by atoms with van der Waals surface area (Å²) < 4.78 is 21.0. The maximum Gasteiger partial charge on any atom is 0.311 e. The van der Waals surface area contributed by atoms with Gasteiger partial charge in [-0.3, -0.25) is 9.59 Å². The Labute approximate surface area is 176 Å². The van der Waals surface area contributed by atoms with Crippen molar-refractivity contribution in [3.63, 3.8) is 0 Å². The fourth-order valence-electron chi connectivity index (χ4n) is 2.86. The Morgan fingerprint density at radius 1 is 1.17 bits per heavy atom. The molecule has 30 heavy (non-hydrogen) atoms. The molecule has 0 N–H and O–H groups in total. The molecule has 152 valence electrons. The van der Waals surface area contributed by atoms with Crippen molar-refractivity contribution >= 4 is 29.4 Å². The lowest BCUT2D eigenvalue weighted by atomic mass is 10.1. The molecule has 0 unspecified atom stereocenters. The molecule has 1 aromatic heterocycles. The van der Waals surface area contributed by atoms with Crippen molar-refractivity contribution in [1.29, 1.82) is 0 Å². The standard InChI is InChI=1S/C22H16ClNO6/c1-27-20-12-16(30-24-20)7-9-21(25)28-15-6-8-17-18(11-15)29-19(22(17)26)10-13-2-4-14(23)5-3-13/h2-6,8,10-12H,7,9H2,1H3/b19-10-. The molecule has 0 spiro atoms. The number of esters is 1. The van der Waals surface area contributed by atoms with Gasteiger partial charge in [-0.2, -0.15) is 0 Å². The molecule has 4 rings (SSSR count). The third kappa shape index (κ3) is 4.36. The van der Waals surface area contributed by atoms with E-state index < -0.39 is 5.97 Å². The van der Waals surface area contributed by atoms with Gasteiger partial charge in [-0.25, -0.2) is 0 Å². The number of ketones is 1. The van der Waals surface area contributed by atoms with Gasteiger partial charge in [0.25, 0.3) is 5.88 Å². The number of nitrogens with zero attached hydrogens (tertiary/aromatic N) is 1. The lowest BCUT2D eigenvalue weighted by molar-refractivity contribution is -0.134. The lowest BCUT2D eigenvalue weighted by Crippen LogP contribution is -2.08. The summed E-state index contributed by atoms with van der Waals surface area (Å²) in [5.74, 6) is 0.989. The van der Waals surface area contributed by atoms with Crippen LogP contribution in [0.2, 0.25) is 5.02 Å². The van der Waals surface area contributed by atoms with E-state index in [4.69, 9.17) is 30.3 Å². The number of carbonyl (C=O) groups is 2. The fourth-order valence-corrected chi connectivity index (χ4v) is 2.98. The SMILES string of the molecule is COc1cc(CCC(=O)Oc2ccc3c(c2)O/C(=C\c2ccc(Cl)cc2)C3=O)on1. The molecule has 0 aliphatic carbocycles. The second kappa shape index (κ2) is 8.42. The average molecular weight is 426 g/mol. The minimum Gasteiger partial charge on any atom is -0.479 e. The number of fused-ring (bicyclic) bond motifs is 1. The molecule has 0 saturated heterocycles. The first-order valence-corrected chi connectivity index (χ1v) is 9.44. The van der Waals surface area contributed by atoms with Crippen molar-refractivity contribution in [2.24, 2.45) is 0 Å². The predicted molar refractivity (Wildman–Crippen MR) is 108 cm³/mol. The zero-order valence-electron chi connectivity index (χ0n) is 15.9. The number of hydrogen-bond acceptors (Lipinski definition) is 7. The van der Waals surface area contributed by atoms with Gasteiger partial charge in [-0.15, -0.1) is 0 Å². The molecule has 0 radical (unpaired) electrons. The highest BCUT2D eigenvalue weighted by atomic mass is 35.5. The number of aryl methyl sites for hydroxylation is 1. The number of methoxy groups -OCH3 is 1. The number of ether oxygens (including phenoxy) is 3. The van der Waals surface area contributed by atoms with Gasteiger partial charge in [0.15, 0.2) is 5.76 Å². The maximum atomic E-state index is 12.5. The minimum absolute atomic E-state index is 0.0942. The number of Topliss-reactive ketones (excluding diaryl/α,β-unsaturated/α-hetero) is 1. The number of halogens is 1. The quantitative estimate of drug-likeness (QED) is 0.326. The summed E-state index contributed by atoms with van der Waals surface area (Å²) in [7, 11) is 1.48. The highest BCUT2D eigenvalue weighted by Crippen LogP contribution is 2.35. The van der Waals surface area contributed by atoms with Crippen LogP contribution in [0.4, 0.5) is 0 Å². The topological polar surface area (TPSA) is 87.9 Å². The van der Waals surface area contributed by atoms with Gasteiger partial charge >= 0.3 is 5.97 Å². The molecule has 7 nitrogen and oxygen atoms in total. The highest BCUT2D eigenvalue weighted by molar-refractivity contribution is 6.30. The molecule has 0 atom stereocenters. The van der Waals surface area contributed by atoms with Crippen LogP contribution in [0.25, 0.3) is 6.08 Å². The van der Waals surface area contributed by atoms with Gasteiger partial charge in [0, 0.05) is 23.6 Å².